The summed E-state index contributed by atoms with van der Waals surface area (Å²) in [5, 5.41) is 0. The molecule has 2 heterocycles. The van der Waals surface area contributed by atoms with E-state index in [2.05, 4.69) is 201 Å². The molecule has 0 radical (unpaired) electrons. The van der Waals surface area contributed by atoms with Crippen LogP contribution in [0, 0.1) is 96.4 Å². The van der Waals surface area contributed by atoms with Crippen molar-refractivity contribution in [2.45, 2.75) is 83.1 Å². The molecular weight excluding hydrogens is 913 g/mol. The molecule has 7 heteroatoms. The zero-order chi connectivity index (χ0) is 46.0. The molecule has 336 valence electrons. The third kappa shape index (κ3) is 10.4. The molecule has 2 saturated heterocycles. The van der Waals surface area contributed by atoms with E-state index in [0.717, 1.165) is 30.3 Å². The van der Waals surface area contributed by atoms with E-state index in [9.17, 15) is 0 Å². The number of halogens is 2. The molecule has 4 nitrogen and oxygen atoms in total. The quantitative estimate of drug-likeness (QED) is 0.126. The number of hydrogen-bond donors (Lipinski definition) is 0. The second kappa shape index (κ2) is 20.2. The Labute approximate surface area is 397 Å². The molecule has 0 unspecified atom stereocenters. The minimum absolute atomic E-state index is 1.04. The molecule has 9 rings (SSSR count). The van der Waals surface area contributed by atoms with Crippen LogP contribution in [-0.2, 0) is 13.5 Å². The summed E-state index contributed by atoms with van der Waals surface area (Å²) in [5.41, 5.74) is 26.5. The Morgan fingerprint density at radius 2 is 0.672 bits per heavy atom. The molecule has 0 amide bonds. The molecule has 0 aromatic heterocycles. The van der Waals surface area contributed by atoms with E-state index < -0.39 is 13.5 Å². The Kier molecular flexibility index (Phi) is 15.0. The normalized spacial score (nSPS) is 14.6. The molecule has 1 aliphatic carbocycles. The fourth-order valence-electron chi connectivity index (χ4n) is 10.3. The predicted molar refractivity (Wildman–Crippen MR) is 276 cm³/mol. The van der Waals surface area contributed by atoms with Crippen LogP contribution in [0.4, 0.5) is 22.7 Å². The average Bonchev–Trinajstić information content (AvgIpc) is 3.97. The molecule has 6 aromatic carbocycles. The zero-order valence-corrected chi connectivity index (χ0v) is 43.0. The molecule has 64 heavy (non-hydrogen) atoms. The van der Waals surface area contributed by atoms with Crippen molar-refractivity contribution in [3.05, 3.63) is 206 Å². The number of aryl methyl sites for hydroxylation is 12. The van der Waals surface area contributed by atoms with Gasteiger partial charge in [-0.2, -0.15) is 13.3 Å². The topological polar surface area (TPSA) is 13.0 Å². The van der Waals surface area contributed by atoms with Gasteiger partial charge in [-0.1, -0.05) is 70.8 Å². The van der Waals surface area contributed by atoms with Gasteiger partial charge in [0.2, 0.25) is 0 Å². The molecule has 0 spiro atoms. The van der Waals surface area contributed by atoms with E-state index >= 15 is 0 Å². The first kappa shape index (κ1) is 47.3. The van der Waals surface area contributed by atoms with E-state index in [0.29, 0.717) is 0 Å². The number of nitrogens with zero attached hydrogens (tertiary/aromatic N) is 4. The Balaban J connectivity index is 0.000000145. The van der Waals surface area contributed by atoms with Crippen LogP contribution in [0.5, 0.6) is 0 Å². The number of anilines is 4. The number of fused-ring (bicyclic) bond motifs is 1. The standard InChI is InChI=1S/2C21H27N2.C15H10.2ClH.Ru/c2*1-14-9-16(3)20(17(4)10-14)22-7-8-23(13-22)21-18(5)11-15(2)12-19(21)6;1-2-6-12(7-3-1)15-11-10-13-8-4-5-9-14(13)15;;;/h2*9-13H,7-8H2,1-6H3;1-9,11H;2*1H;/q2*-1;;;;+2/p-2. The molecule has 6 aromatic rings. The predicted octanol–water partition coefficient (Wildman–Crippen LogP) is 14.5. The Hall–Kier alpha value is -4.67. The van der Waals surface area contributed by atoms with Crippen LogP contribution in [0.3, 0.4) is 0 Å². The van der Waals surface area contributed by atoms with Crippen molar-refractivity contribution in [2.24, 2.45) is 0 Å². The van der Waals surface area contributed by atoms with E-state index in [-0.39, 0.29) is 0 Å². The van der Waals surface area contributed by atoms with Gasteiger partial charge in [-0.3, -0.25) is 0 Å². The van der Waals surface area contributed by atoms with Crippen molar-refractivity contribution in [3.8, 4) is 0 Å². The van der Waals surface area contributed by atoms with Gasteiger partial charge in [-0.05, 0) is 128 Å². The summed E-state index contributed by atoms with van der Waals surface area (Å²) < 4.78 is 1.12. The van der Waals surface area contributed by atoms with Gasteiger partial charge in [0.15, 0.2) is 0 Å². The fraction of sp³-hybridized carbons (Fsp3) is 0.281. The van der Waals surface area contributed by atoms with Gasteiger partial charge in [0, 0.05) is 48.9 Å². The van der Waals surface area contributed by atoms with Crippen molar-refractivity contribution in [1.29, 1.82) is 0 Å². The number of hydrogen-bond acceptors (Lipinski definition) is 4. The Morgan fingerprint density at radius 1 is 0.391 bits per heavy atom. The van der Waals surface area contributed by atoms with Crippen LogP contribution in [0.2, 0.25) is 0 Å². The third-order valence-corrected chi connectivity index (χ3v) is 15.5. The summed E-state index contributed by atoms with van der Waals surface area (Å²) in [4.78, 5) is 9.62. The minimum atomic E-state index is -1.88. The number of allylic oxidation sites excluding steroid dienone is 1. The Bertz CT molecular complexity index is 2400. The summed E-state index contributed by atoms with van der Waals surface area (Å²) in [6, 6.07) is 36.9. The van der Waals surface area contributed by atoms with Gasteiger partial charge in [0.05, 0.1) is 0 Å². The summed E-state index contributed by atoms with van der Waals surface area (Å²) in [6.07, 6.45) is 2.15. The maximum atomic E-state index is 6.19. The van der Waals surface area contributed by atoms with Crippen LogP contribution in [-0.4, -0.2) is 30.3 Å². The molecule has 2 aliphatic heterocycles. The second-order valence-corrected chi connectivity index (χ2v) is 23.8. The van der Waals surface area contributed by atoms with Crippen molar-refractivity contribution in [3.63, 3.8) is 0 Å². The van der Waals surface area contributed by atoms with Crippen molar-refractivity contribution in [1.82, 2.24) is 0 Å². The van der Waals surface area contributed by atoms with Gasteiger partial charge in [-0.15, -0.1) is 0 Å². The number of benzene rings is 6. The maximum absolute atomic E-state index is 6.19. The monoisotopic (exact) mass is 976 g/mol. The number of rotatable bonds is 5. The van der Waals surface area contributed by atoms with Crippen LogP contribution >= 0.6 is 19.4 Å². The van der Waals surface area contributed by atoms with E-state index in [4.69, 9.17) is 19.4 Å². The SMILES string of the molecule is Cc1cc(C)c(N2[CH-]N(c3c(C)cc(C)cc3C)CC2)c(C)c1.Cc1cc(C)c(N2[CH-]N(c3c(C)cc(C)cc3C)CC2)c(C)c1.[Cl][Ru]([Cl])=[C]1C=C(c2ccccc2)c2ccccc21. The first-order chi connectivity index (χ1) is 30.5. The van der Waals surface area contributed by atoms with Crippen LogP contribution in [0.25, 0.3) is 5.57 Å². The summed E-state index contributed by atoms with van der Waals surface area (Å²) in [6.45, 7) is 35.1. The van der Waals surface area contributed by atoms with Gasteiger partial charge in [0.25, 0.3) is 0 Å². The van der Waals surface area contributed by atoms with Crippen molar-refractivity contribution in [2.75, 3.05) is 45.8 Å². The van der Waals surface area contributed by atoms with Crippen molar-refractivity contribution < 1.29 is 13.5 Å². The second-order valence-electron chi connectivity index (χ2n) is 18.0. The van der Waals surface area contributed by atoms with Gasteiger partial charge < -0.3 is 19.6 Å². The molecule has 0 atom stereocenters. The van der Waals surface area contributed by atoms with E-state index in [1.54, 1.807) is 0 Å². The summed E-state index contributed by atoms with van der Waals surface area (Å²) in [5.74, 6) is 0. The third-order valence-electron chi connectivity index (χ3n) is 12.4. The van der Waals surface area contributed by atoms with Crippen LogP contribution in [0.15, 0.2) is 109 Å². The summed E-state index contributed by atoms with van der Waals surface area (Å²) >= 11 is -1.88. The first-order valence-corrected chi connectivity index (χ1v) is 27.7. The fourth-order valence-corrected chi connectivity index (χ4v) is 12.8. The molecule has 0 bridgehead atoms. The molecule has 2 fully saturated rings. The Morgan fingerprint density at radius 3 is 0.969 bits per heavy atom. The summed E-state index contributed by atoms with van der Waals surface area (Å²) in [7, 11) is 12.4. The molecule has 0 saturated carbocycles. The van der Waals surface area contributed by atoms with Gasteiger partial charge in [-0.25, -0.2) is 0 Å². The van der Waals surface area contributed by atoms with E-state index in [1.807, 2.05) is 24.3 Å². The van der Waals surface area contributed by atoms with Crippen LogP contribution in [0.1, 0.15) is 83.5 Å². The molecular formula is C57H64Cl2N4Ru-2. The van der Waals surface area contributed by atoms with Gasteiger partial charge in [0.1, 0.15) is 0 Å². The van der Waals surface area contributed by atoms with Crippen molar-refractivity contribution >= 4 is 51.8 Å². The van der Waals surface area contributed by atoms with E-state index in [1.165, 1.54) is 112 Å². The molecule has 3 aliphatic rings. The van der Waals surface area contributed by atoms with Crippen LogP contribution < -0.4 is 19.6 Å². The first-order valence-electron chi connectivity index (χ1n) is 22.3. The zero-order valence-electron chi connectivity index (χ0n) is 39.8. The van der Waals surface area contributed by atoms with Gasteiger partial charge >= 0.3 is 120 Å². The molecule has 0 N–H and O–H groups in total. The average molecular weight is 977 g/mol.